The first-order chi connectivity index (χ1) is 12.5. The van der Waals surface area contributed by atoms with E-state index in [1.165, 1.54) is 0 Å². The molecule has 0 aliphatic heterocycles. The van der Waals surface area contributed by atoms with Gasteiger partial charge in [0.1, 0.15) is 17.4 Å². The number of carbonyl (C=O) groups is 2. The fraction of sp³-hybridized carbons (Fsp3) is 0.400. The second-order valence-corrected chi connectivity index (χ2v) is 6.27. The molecule has 1 aromatic heterocycles. The van der Waals surface area contributed by atoms with E-state index in [0.29, 0.717) is 17.9 Å². The molecule has 0 unspecified atom stereocenters. The minimum absolute atomic E-state index is 0.00985. The number of aryl methyl sites for hydroxylation is 3. The normalized spacial score (nSPS) is 10.7. The molecular weight excluding hydrogens is 354 g/mol. The molecule has 5 nitrogen and oxygen atoms in total. The topological polar surface area (TPSA) is 70.8 Å². The molecule has 0 saturated carbocycles. The van der Waals surface area contributed by atoms with E-state index in [9.17, 15) is 9.59 Å². The number of halogens is 1. The van der Waals surface area contributed by atoms with Gasteiger partial charge in [-0.1, -0.05) is 32.0 Å². The van der Waals surface area contributed by atoms with Crippen LogP contribution in [0.1, 0.15) is 42.9 Å². The first-order valence-corrected chi connectivity index (χ1v) is 9.30. The van der Waals surface area contributed by atoms with Crippen molar-refractivity contribution in [3.05, 3.63) is 53.0 Å². The van der Waals surface area contributed by atoms with E-state index in [1.807, 2.05) is 18.2 Å². The number of carboxylic acids is 1. The average Bonchev–Trinajstić information content (AvgIpc) is 3.10. The highest BCUT2D eigenvalue weighted by molar-refractivity contribution is 6.29. The average molecular weight is 378 g/mol. The number of para-hydroxylation sites is 1. The summed E-state index contributed by atoms with van der Waals surface area (Å²) in [5, 5.41) is 8.79. The van der Waals surface area contributed by atoms with Gasteiger partial charge in [-0.2, -0.15) is 0 Å². The van der Waals surface area contributed by atoms with Crippen LogP contribution < -0.4 is 4.90 Å². The number of hydrogen-bond acceptors (Lipinski definition) is 3. The van der Waals surface area contributed by atoms with E-state index in [2.05, 4.69) is 13.8 Å². The second-order valence-electron chi connectivity index (χ2n) is 6.01. The summed E-state index contributed by atoms with van der Waals surface area (Å²) in [6.07, 6.45) is 1.94. The van der Waals surface area contributed by atoms with Crippen LogP contribution in [0.3, 0.4) is 0 Å². The van der Waals surface area contributed by atoms with Gasteiger partial charge in [0.25, 0.3) is 0 Å². The fourth-order valence-electron chi connectivity index (χ4n) is 2.95. The smallest absolute Gasteiger partial charge is 0.303 e. The van der Waals surface area contributed by atoms with Crippen molar-refractivity contribution in [2.75, 3.05) is 10.8 Å². The standard InChI is InChI=1S/C20H24ClNO4/c1-3-14-6-5-7-15(4-2)20(14)22(18(23)12-21)13-17-9-8-16(26-17)10-11-19(24)25/h5-9H,3-4,10-13H2,1-2H3,(H,24,25). The third-order valence-corrected chi connectivity index (χ3v) is 4.50. The molecule has 1 N–H and O–H groups in total. The molecule has 2 aromatic rings. The summed E-state index contributed by atoms with van der Waals surface area (Å²) in [5.41, 5.74) is 3.06. The van der Waals surface area contributed by atoms with Crippen LogP contribution in [0.15, 0.2) is 34.7 Å². The molecule has 0 spiro atoms. The summed E-state index contributed by atoms with van der Waals surface area (Å²) < 4.78 is 5.73. The zero-order valence-corrected chi connectivity index (χ0v) is 15.9. The molecule has 26 heavy (non-hydrogen) atoms. The Morgan fingerprint density at radius 3 is 2.23 bits per heavy atom. The van der Waals surface area contributed by atoms with Crippen molar-refractivity contribution < 1.29 is 19.1 Å². The van der Waals surface area contributed by atoms with Crippen LogP contribution in [-0.4, -0.2) is 22.9 Å². The van der Waals surface area contributed by atoms with E-state index >= 15 is 0 Å². The van der Waals surface area contributed by atoms with Crippen LogP contribution in [0.5, 0.6) is 0 Å². The number of rotatable bonds is 9. The molecule has 1 aromatic carbocycles. The molecule has 0 radical (unpaired) electrons. The molecule has 0 fully saturated rings. The Labute approximate surface area is 158 Å². The molecule has 0 aliphatic carbocycles. The Bertz CT molecular complexity index is 747. The highest BCUT2D eigenvalue weighted by Crippen LogP contribution is 2.29. The number of nitrogens with zero attached hydrogens (tertiary/aromatic N) is 1. The van der Waals surface area contributed by atoms with Crippen LogP contribution in [0, 0.1) is 0 Å². The van der Waals surface area contributed by atoms with Gasteiger partial charge in [0.05, 0.1) is 18.7 Å². The Kier molecular flexibility index (Phi) is 7.27. The predicted octanol–water partition coefficient (Wildman–Crippen LogP) is 4.19. The van der Waals surface area contributed by atoms with Crippen LogP contribution >= 0.6 is 11.6 Å². The minimum atomic E-state index is -0.869. The van der Waals surface area contributed by atoms with Crippen LogP contribution in [0.2, 0.25) is 0 Å². The molecule has 0 atom stereocenters. The second kappa shape index (κ2) is 9.43. The lowest BCUT2D eigenvalue weighted by Crippen LogP contribution is -2.33. The van der Waals surface area contributed by atoms with Crippen molar-refractivity contribution in [3.63, 3.8) is 0 Å². The van der Waals surface area contributed by atoms with Gasteiger partial charge in [-0.15, -0.1) is 11.6 Å². The van der Waals surface area contributed by atoms with E-state index < -0.39 is 5.97 Å². The Hall–Kier alpha value is -2.27. The van der Waals surface area contributed by atoms with Crippen molar-refractivity contribution in [1.82, 2.24) is 0 Å². The molecule has 6 heteroatoms. The number of aliphatic carboxylic acids is 1. The molecular formula is C20H24ClNO4. The van der Waals surface area contributed by atoms with Crippen molar-refractivity contribution in [3.8, 4) is 0 Å². The third kappa shape index (κ3) is 4.88. The quantitative estimate of drug-likeness (QED) is 0.665. The monoisotopic (exact) mass is 377 g/mol. The zero-order chi connectivity index (χ0) is 19.1. The van der Waals surface area contributed by atoms with Gasteiger partial charge in [-0.25, -0.2) is 0 Å². The van der Waals surface area contributed by atoms with Gasteiger partial charge in [0.15, 0.2) is 0 Å². The summed E-state index contributed by atoms with van der Waals surface area (Å²) in [6.45, 7) is 4.37. The van der Waals surface area contributed by atoms with Gasteiger partial charge in [0, 0.05) is 6.42 Å². The summed E-state index contributed by atoms with van der Waals surface area (Å²) in [4.78, 5) is 24.9. The van der Waals surface area contributed by atoms with Gasteiger partial charge >= 0.3 is 5.97 Å². The molecule has 0 aliphatic rings. The third-order valence-electron chi connectivity index (χ3n) is 4.27. The fourth-order valence-corrected chi connectivity index (χ4v) is 3.10. The van der Waals surface area contributed by atoms with Crippen molar-refractivity contribution in [2.45, 2.75) is 46.1 Å². The molecule has 2 rings (SSSR count). The number of benzene rings is 1. The Morgan fingerprint density at radius 2 is 1.69 bits per heavy atom. The largest absolute Gasteiger partial charge is 0.481 e. The zero-order valence-electron chi connectivity index (χ0n) is 15.1. The lowest BCUT2D eigenvalue weighted by Gasteiger charge is -2.26. The van der Waals surface area contributed by atoms with E-state index in [-0.39, 0.29) is 24.8 Å². The molecule has 0 saturated heterocycles. The number of hydrogen-bond donors (Lipinski definition) is 1. The summed E-state index contributed by atoms with van der Waals surface area (Å²) >= 11 is 5.86. The van der Waals surface area contributed by atoms with Crippen LogP contribution in [-0.2, 0) is 35.4 Å². The van der Waals surface area contributed by atoms with Crippen molar-refractivity contribution in [1.29, 1.82) is 0 Å². The van der Waals surface area contributed by atoms with Gasteiger partial charge in [0.2, 0.25) is 5.91 Å². The maximum atomic E-state index is 12.5. The van der Waals surface area contributed by atoms with Crippen LogP contribution in [0.25, 0.3) is 0 Å². The predicted molar refractivity (Wildman–Crippen MR) is 102 cm³/mol. The highest BCUT2D eigenvalue weighted by Gasteiger charge is 2.22. The van der Waals surface area contributed by atoms with E-state index in [4.69, 9.17) is 21.1 Å². The first kappa shape index (κ1) is 20.0. The summed E-state index contributed by atoms with van der Waals surface area (Å²) in [5.74, 6) is 0.0300. The van der Waals surface area contributed by atoms with Gasteiger partial charge in [-0.3, -0.25) is 9.59 Å². The lowest BCUT2D eigenvalue weighted by molar-refractivity contribution is -0.137. The lowest BCUT2D eigenvalue weighted by atomic mass is 10.0. The maximum absolute atomic E-state index is 12.5. The number of alkyl halides is 1. The number of anilines is 1. The van der Waals surface area contributed by atoms with Crippen LogP contribution in [0.4, 0.5) is 5.69 Å². The molecule has 0 bridgehead atoms. The van der Waals surface area contributed by atoms with E-state index in [1.54, 1.807) is 17.0 Å². The molecule has 1 amide bonds. The number of amides is 1. The van der Waals surface area contributed by atoms with E-state index in [0.717, 1.165) is 29.7 Å². The number of carbonyl (C=O) groups excluding carboxylic acids is 1. The SMILES string of the molecule is CCc1cccc(CC)c1N(Cc1ccc(CCC(=O)O)o1)C(=O)CCl. The minimum Gasteiger partial charge on any atom is -0.481 e. The number of carboxylic acid groups (broad SMARTS) is 1. The first-order valence-electron chi connectivity index (χ1n) is 8.76. The molecule has 1 heterocycles. The van der Waals surface area contributed by atoms with Crippen molar-refractivity contribution >= 4 is 29.2 Å². The molecule has 140 valence electrons. The number of furan rings is 1. The van der Waals surface area contributed by atoms with Gasteiger partial charge in [-0.05, 0) is 36.1 Å². The van der Waals surface area contributed by atoms with Gasteiger partial charge < -0.3 is 14.4 Å². The maximum Gasteiger partial charge on any atom is 0.303 e. The highest BCUT2D eigenvalue weighted by atomic mass is 35.5. The summed E-state index contributed by atoms with van der Waals surface area (Å²) in [6, 6.07) is 9.58. The summed E-state index contributed by atoms with van der Waals surface area (Å²) in [7, 11) is 0. The Balaban J connectivity index is 2.32. The Morgan fingerprint density at radius 1 is 1.08 bits per heavy atom. The van der Waals surface area contributed by atoms with Crippen molar-refractivity contribution in [2.24, 2.45) is 0 Å².